The van der Waals surface area contributed by atoms with E-state index in [0.717, 1.165) is 11.6 Å². The van der Waals surface area contributed by atoms with Crippen LogP contribution in [-0.2, 0) is 0 Å². The van der Waals surface area contributed by atoms with Crippen LogP contribution in [0.25, 0.3) is 0 Å². The third-order valence-corrected chi connectivity index (χ3v) is 6.73. The van der Waals surface area contributed by atoms with Crippen LogP contribution in [0.4, 0.5) is 0 Å². The first kappa shape index (κ1) is 13.3. The second-order valence-corrected chi connectivity index (χ2v) is 7.47. The lowest BCUT2D eigenvalue weighted by molar-refractivity contribution is 0.513. The van der Waals surface area contributed by atoms with E-state index in [1.54, 1.807) is 22.3 Å². The maximum absolute atomic E-state index is 2.40. The molecule has 1 heteroatoms. The van der Waals surface area contributed by atoms with Gasteiger partial charge in [0.2, 0.25) is 0 Å². The van der Waals surface area contributed by atoms with Crippen LogP contribution in [0.3, 0.4) is 0 Å². The van der Waals surface area contributed by atoms with Crippen molar-refractivity contribution in [3.63, 3.8) is 0 Å². The highest BCUT2D eigenvalue weighted by Gasteiger charge is 2.24. The monoisotopic (exact) mass is 250 g/mol. The molecule has 2 atom stereocenters. The Morgan fingerprint density at radius 3 is 2.18 bits per heavy atom. The molecule has 17 heavy (non-hydrogen) atoms. The van der Waals surface area contributed by atoms with Gasteiger partial charge in [-0.15, -0.1) is 8.58 Å². The Balaban J connectivity index is 1.92. The first-order chi connectivity index (χ1) is 8.11. The highest BCUT2D eigenvalue weighted by molar-refractivity contribution is 7.39. The van der Waals surface area contributed by atoms with Crippen molar-refractivity contribution in [1.29, 1.82) is 0 Å². The van der Waals surface area contributed by atoms with Crippen LogP contribution in [0.2, 0.25) is 0 Å². The van der Waals surface area contributed by atoms with Crippen molar-refractivity contribution in [3.8, 4) is 0 Å². The average Bonchev–Trinajstić information content (AvgIpc) is 2.54. The van der Waals surface area contributed by atoms with Gasteiger partial charge in [-0.2, -0.15) is 0 Å². The third kappa shape index (κ3) is 2.84. The molecule has 96 valence electrons. The summed E-state index contributed by atoms with van der Waals surface area (Å²) in [6, 6.07) is 0. The van der Waals surface area contributed by atoms with Crippen molar-refractivity contribution in [2.24, 2.45) is 5.92 Å². The summed E-state index contributed by atoms with van der Waals surface area (Å²) in [5, 5.41) is 0. The van der Waals surface area contributed by atoms with E-state index in [1.807, 2.05) is 0 Å². The fourth-order valence-electron chi connectivity index (χ4n) is 3.29. The van der Waals surface area contributed by atoms with Crippen molar-refractivity contribution in [2.45, 2.75) is 65.5 Å². The van der Waals surface area contributed by atoms with Crippen LogP contribution in [-0.4, -0.2) is 11.8 Å². The van der Waals surface area contributed by atoms with E-state index in [1.165, 1.54) is 46.8 Å². The van der Waals surface area contributed by atoms with E-state index in [4.69, 9.17) is 0 Å². The SMILES string of the molecule is CC1=C(C)C(C)C(CPC2CCCCC2)=C1C. The summed E-state index contributed by atoms with van der Waals surface area (Å²) in [4.78, 5) is 0. The minimum Gasteiger partial charge on any atom is -0.115 e. The van der Waals surface area contributed by atoms with E-state index in [2.05, 4.69) is 27.7 Å². The Kier molecular flexibility index (Phi) is 4.47. The summed E-state index contributed by atoms with van der Waals surface area (Å²) in [6.45, 7) is 9.36. The normalized spacial score (nSPS) is 27.9. The maximum atomic E-state index is 2.40. The predicted octanol–water partition coefficient (Wildman–Crippen LogP) is 5.30. The maximum Gasteiger partial charge on any atom is -0.000912 e. The first-order valence-corrected chi connectivity index (χ1v) is 8.50. The zero-order valence-electron chi connectivity index (χ0n) is 11.9. The van der Waals surface area contributed by atoms with E-state index in [0.29, 0.717) is 0 Å². The third-order valence-electron chi connectivity index (χ3n) is 4.99. The molecule has 0 saturated heterocycles. The Labute approximate surface area is 109 Å². The van der Waals surface area contributed by atoms with Crippen molar-refractivity contribution in [3.05, 3.63) is 22.3 Å². The average molecular weight is 250 g/mol. The molecule has 0 aromatic rings. The largest absolute Gasteiger partial charge is 0.115 e. The van der Waals surface area contributed by atoms with Gasteiger partial charge in [0.25, 0.3) is 0 Å². The van der Waals surface area contributed by atoms with Crippen LogP contribution in [0.1, 0.15) is 59.8 Å². The van der Waals surface area contributed by atoms with Crippen molar-refractivity contribution < 1.29 is 0 Å². The topological polar surface area (TPSA) is 0 Å². The Morgan fingerprint density at radius 1 is 1.00 bits per heavy atom. The molecule has 0 aromatic heterocycles. The summed E-state index contributed by atoms with van der Waals surface area (Å²) in [5.41, 5.74) is 7.60. The van der Waals surface area contributed by atoms with E-state index >= 15 is 0 Å². The lowest BCUT2D eigenvalue weighted by atomic mass is 9.99. The smallest absolute Gasteiger partial charge is 0.000912 e. The van der Waals surface area contributed by atoms with E-state index < -0.39 is 0 Å². The summed E-state index contributed by atoms with van der Waals surface area (Å²) >= 11 is 0. The number of rotatable bonds is 3. The van der Waals surface area contributed by atoms with Crippen LogP contribution in [0, 0.1) is 5.92 Å². The summed E-state index contributed by atoms with van der Waals surface area (Å²) < 4.78 is 0. The van der Waals surface area contributed by atoms with Crippen LogP contribution in [0.15, 0.2) is 22.3 Å². The highest BCUT2D eigenvalue weighted by Crippen LogP contribution is 2.42. The molecule has 0 heterocycles. The van der Waals surface area contributed by atoms with Gasteiger partial charge in [-0.1, -0.05) is 37.3 Å². The number of hydrogen-bond acceptors (Lipinski definition) is 0. The van der Waals surface area contributed by atoms with Gasteiger partial charge in [-0.25, -0.2) is 0 Å². The van der Waals surface area contributed by atoms with Gasteiger partial charge in [0, 0.05) is 0 Å². The van der Waals surface area contributed by atoms with Crippen molar-refractivity contribution in [2.75, 3.05) is 6.16 Å². The molecule has 0 radical (unpaired) electrons. The Bertz CT molecular complexity index is 343. The lowest BCUT2D eigenvalue weighted by Gasteiger charge is -2.23. The molecule has 1 saturated carbocycles. The molecule has 0 spiro atoms. The minimum absolute atomic E-state index is 0.728. The molecule has 0 N–H and O–H groups in total. The van der Waals surface area contributed by atoms with Crippen LogP contribution in [0.5, 0.6) is 0 Å². The molecule has 2 aliphatic carbocycles. The first-order valence-electron chi connectivity index (χ1n) is 7.22. The molecular weight excluding hydrogens is 223 g/mol. The number of hydrogen-bond donors (Lipinski definition) is 0. The molecule has 0 nitrogen and oxygen atoms in total. The minimum atomic E-state index is 0.728. The van der Waals surface area contributed by atoms with Crippen molar-refractivity contribution in [1.82, 2.24) is 0 Å². The molecule has 2 unspecified atom stereocenters. The van der Waals surface area contributed by atoms with Gasteiger partial charge in [0.05, 0.1) is 0 Å². The fraction of sp³-hybridized carbons (Fsp3) is 0.750. The van der Waals surface area contributed by atoms with E-state index in [9.17, 15) is 0 Å². The molecule has 0 bridgehead atoms. The quantitative estimate of drug-likeness (QED) is 0.596. The van der Waals surface area contributed by atoms with Crippen LogP contribution < -0.4 is 0 Å². The van der Waals surface area contributed by atoms with Gasteiger partial charge >= 0.3 is 0 Å². The predicted molar refractivity (Wildman–Crippen MR) is 80.3 cm³/mol. The molecule has 0 aromatic carbocycles. The second-order valence-electron chi connectivity index (χ2n) is 5.90. The van der Waals surface area contributed by atoms with Gasteiger partial charge < -0.3 is 0 Å². The standard InChI is InChI=1S/C16H27P/c1-11-12(2)14(4)16(13(11)3)10-17-15-8-6-5-7-9-15/h13,15,17H,5-10H2,1-4H3. The zero-order chi connectivity index (χ0) is 12.4. The van der Waals surface area contributed by atoms with Gasteiger partial charge in [-0.05, 0) is 62.5 Å². The van der Waals surface area contributed by atoms with Crippen molar-refractivity contribution >= 4 is 8.58 Å². The van der Waals surface area contributed by atoms with Gasteiger partial charge in [0.15, 0.2) is 0 Å². The molecule has 2 rings (SSSR count). The van der Waals surface area contributed by atoms with Gasteiger partial charge in [-0.3, -0.25) is 0 Å². The van der Waals surface area contributed by atoms with E-state index in [-0.39, 0.29) is 0 Å². The molecule has 0 aliphatic heterocycles. The summed E-state index contributed by atoms with van der Waals surface area (Å²) in [7, 11) is 1.18. The molecule has 0 amide bonds. The summed E-state index contributed by atoms with van der Waals surface area (Å²) in [5.74, 6) is 0.728. The fourth-order valence-corrected chi connectivity index (χ4v) is 5.19. The van der Waals surface area contributed by atoms with Crippen LogP contribution >= 0.6 is 8.58 Å². The Morgan fingerprint density at radius 2 is 1.65 bits per heavy atom. The molecule has 2 aliphatic rings. The van der Waals surface area contributed by atoms with Gasteiger partial charge in [0.1, 0.15) is 0 Å². The summed E-state index contributed by atoms with van der Waals surface area (Å²) in [6.07, 6.45) is 8.85. The zero-order valence-corrected chi connectivity index (χ0v) is 12.9. The molecule has 1 fully saturated rings. The number of allylic oxidation sites excluding steroid dienone is 4. The lowest BCUT2D eigenvalue weighted by Crippen LogP contribution is -2.09. The second kappa shape index (κ2) is 5.70. The highest BCUT2D eigenvalue weighted by atomic mass is 31.1. The Hall–Kier alpha value is -0.0900. The molecular formula is C16H27P.